The Morgan fingerprint density at radius 1 is 1.38 bits per heavy atom. The Labute approximate surface area is 132 Å². The smallest absolute Gasteiger partial charge is 0.125 e. The number of hydrogen-bond donors (Lipinski definition) is 1. The molecule has 21 heavy (non-hydrogen) atoms. The predicted molar refractivity (Wildman–Crippen MR) is 85.4 cm³/mol. The summed E-state index contributed by atoms with van der Waals surface area (Å²) in [6, 6.07) is 4.37. The summed E-state index contributed by atoms with van der Waals surface area (Å²) in [4.78, 5) is 0. The third kappa shape index (κ3) is 2.79. The van der Waals surface area contributed by atoms with Gasteiger partial charge >= 0.3 is 0 Å². The van der Waals surface area contributed by atoms with Gasteiger partial charge in [0.25, 0.3) is 0 Å². The maximum absolute atomic E-state index is 6.28. The molecule has 116 valence electrons. The van der Waals surface area contributed by atoms with Crippen LogP contribution in [0.15, 0.2) is 12.1 Å². The van der Waals surface area contributed by atoms with Crippen molar-refractivity contribution in [1.82, 2.24) is 5.32 Å². The molecule has 1 saturated carbocycles. The van der Waals surface area contributed by atoms with E-state index in [2.05, 4.69) is 5.32 Å². The second kappa shape index (κ2) is 6.15. The number of methoxy groups -OCH3 is 1. The minimum absolute atomic E-state index is 0.0530. The number of halogens is 1. The van der Waals surface area contributed by atoms with Gasteiger partial charge in [0, 0.05) is 24.6 Å². The van der Waals surface area contributed by atoms with Crippen LogP contribution in [0.5, 0.6) is 5.75 Å². The van der Waals surface area contributed by atoms with Crippen LogP contribution in [-0.4, -0.2) is 32.4 Å². The van der Waals surface area contributed by atoms with E-state index in [-0.39, 0.29) is 11.6 Å². The minimum atomic E-state index is -0.0530. The lowest BCUT2D eigenvalue weighted by Crippen LogP contribution is -2.50. The van der Waals surface area contributed by atoms with Crippen LogP contribution in [-0.2, 0) is 17.6 Å². The molecule has 0 bridgehead atoms. The molecule has 4 heteroatoms. The molecule has 1 N–H and O–H groups in total. The van der Waals surface area contributed by atoms with Crippen molar-refractivity contribution in [2.24, 2.45) is 0 Å². The molecule has 0 spiro atoms. The van der Waals surface area contributed by atoms with E-state index in [1.165, 1.54) is 24.0 Å². The highest BCUT2D eigenvalue weighted by molar-refractivity contribution is 6.30. The summed E-state index contributed by atoms with van der Waals surface area (Å²) in [6.45, 7) is 0.766. The van der Waals surface area contributed by atoms with Crippen molar-refractivity contribution in [1.29, 1.82) is 0 Å². The molecule has 1 atom stereocenters. The summed E-state index contributed by atoms with van der Waals surface area (Å²) in [5.74, 6) is 1.05. The van der Waals surface area contributed by atoms with E-state index in [0.29, 0.717) is 0 Å². The van der Waals surface area contributed by atoms with Crippen molar-refractivity contribution < 1.29 is 9.47 Å². The summed E-state index contributed by atoms with van der Waals surface area (Å²) in [7, 11) is 3.87. The fourth-order valence-electron chi connectivity index (χ4n) is 3.94. The van der Waals surface area contributed by atoms with E-state index in [1.54, 1.807) is 0 Å². The van der Waals surface area contributed by atoms with Gasteiger partial charge in [-0.15, -0.1) is 0 Å². The Kier molecular flexibility index (Phi) is 4.43. The van der Waals surface area contributed by atoms with Crippen LogP contribution in [0, 0.1) is 0 Å². The molecular formula is C17H24ClNO2. The van der Waals surface area contributed by atoms with Crippen molar-refractivity contribution in [3.63, 3.8) is 0 Å². The van der Waals surface area contributed by atoms with E-state index in [1.807, 2.05) is 26.3 Å². The van der Waals surface area contributed by atoms with E-state index in [0.717, 1.165) is 43.1 Å². The summed E-state index contributed by atoms with van der Waals surface area (Å²) < 4.78 is 11.8. The quantitative estimate of drug-likeness (QED) is 0.904. The number of ether oxygens (including phenoxy) is 2. The average Bonchev–Trinajstić information content (AvgIpc) is 3.13. The maximum Gasteiger partial charge on any atom is 0.125 e. The van der Waals surface area contributed by atoms with Crippen molar-refractivity contribution in [3.8, 4) is 5.75 Å². The highest BCUT2D eigenvalue weighted by Gasteiger charge is 2.41. The molecule has 3 rings (SSSR count). The molecule has 1 aliphatic carbocycles. The number of likely N-dealkylation sites (N-methyl/N-ethyl adjacent to an activating group) is 1. The molecule has 0 amide bonds. The van der Waals surface area contributed by atoms with Gasteiger partial charge < -0.3 is 14.8 Å². The number of fused-ring (bicyclic) bond motifs is 1. The van der Waals surface area contributed by atoms with Gasteiger partial charge in [-0.05, 0) is 49.6 Å². The van der Waals surface area contributed by atoms with Gasteiger partial charge in [-0.3, -0.25) is 0 Å². The Morgan fingerprint density at radius 2 is 2.14 bits per heavy atom. The highest BCUT2D eigenvalue weighted by atomic mass is 35.5. The maximum atomic E-state index is 6.28. The second-order valence-corrected chi connectivity index (χ2v) is 6.61. The highest BCUT2D eigenvalue weighted by Crippen LogP contribution is 2.39. The number of nitrogens with one attached hydrogen (secondary N) is 1. The topological polar surface area (TPSA) is 30.5 Å². The minimum Gasteiger partial charge on any atom is -0.493 e. The lowest BCUT2D eigenvalue weighted by atomic mass is 9.86. The first-order valence-corrected chi connectivity index (χ1v) is 8.23. The monoisotopic (exact) mass is 309 g/mol. The zero-order chi connectivity index (χ0) is 14.9. The van der Waals surface area contributed by atoms with Crippen LogP contribution in [0.2, 0.25) is 5.02 Å². The fourth-order valence-corrected chi connectivity index (χ4v) is 4.20. The SMILES string of the molecule is CNC(Cc1cc(Cl)cc2c1OCC2)C1(OC)CCCC1. The van der Waals surface area contributed by atoms with Gasteiger partial charge in [0.2, 0.25) is 0 Å². The molecule has 0 aromatic heterocycles. The number of hydrogen-bond acceptors (Lipinski definition) is 3. The molecule has 2 aliphatic rings. The molecule has 3 nitrogen and oxygen atoms in total. The molecule has 0 radical (unpaired) electrons. The summed E-state index contributed by atoms with van der Waals surface area (Å²) in [6.07, 6.45) is 6.60. The third-order valence-corrected chi connectivity index (χ3v) is 5.31. The van der Waals surface area contributed by atoms with Crippen LogP contribution >= 0.6 is 11.6 Å². The molecule has 0 saturated heterocycles. The molecule has 1 fully saturated rings. The zero-order valence-electron chi connectivity index (χ0n) is 12.9. The van der Waals surface area contributed by atoms with E-state index in [4.69, 9.17) is 21.1 Å². The zero-order valence-corrected chi connectivity index (χ0v) is 13.6. The molecule has 1 aromatic rings. The van der Waals surface area contributed by atoms with E-state index < -0.39 is 0 Å². The van der Waals surface area contributed by atoms with Gasteiger partial charge in [0.1, 0.15) is 5.75 Å². The Bertz CT molecular complexity index is 512. The molecule has 1 unspecified atom stereocenters. The Morgan fingerprint density at radius 3 is 2.81 bits per heavy atom. The largest absolute Gasteiger partial charge is 0.493 e. The van der Waals surface area contributed by atoms with Crippen LogP contribution < -0.4 is 10.1 Å². The first-order valence-electron chi connectivity index (χ1n) is 7.85. The third-order valence-electron chi connectivity index (χ3n) is 5.09. The number of rotatable bonds is 5. The summed E-state index contributed by atoms with van der Waals surface area (Å²) in [5.41, 5.74) is 2.39. The Balaban J connectivity index is 1.88. The van der Waals surface area contributed by atoms with Crippen molar-refractivity contribution >= 4 is 11.6 Å². The molecule has 1 aliphatic heterocycles. The van der Waals surface area contributed by atoms with Gasteiger partial charge in [-0.1, -0.05) is 24.4 Å². The van der Waals surface area contributed by atoms with Crippen LogP contribution in [0.1, 0.15) is 36.8 Å². The van der Waals surface area contributed by atoms with Gasteiger partial charge in [0.15, 0.2) is 0 Å². The van der Waals surface area contributed by atoms with Gasteiger partial charge in [0.05, 0.1) is 12.2 Å². The fraction of sp³-hybridized carbons (Fsp3) is 0.647. The number of benzene rings is 1. The van der Waals surface area contributed by atoms with Gasteiger partial charge in [-0.2, -0.15) is 0 Å². The normalized spacial score (nSPS) is 21.1. The standard InChI is InChI=1S/C17H24ClNO2/c1-19-15(17(20-2)6-3-4-7-17)11-13-10-14(18)9-12-5-8-21-16(12)13/h9-10,15,19H,3-8,11H2,1-2H3. The first kappa shape index (κ1) is 15.1. The molecule has 1 heterocycles. The summed E-state index contributed by atoms with van der Waals surface area (Å²) >= 11 is 6.28. The Hall–Kier alpha value is -0.770. The van der Waals surface area contributed by atoms with Crippen molar-refractivity contribution in [3.05, 3.63) is 28.3 Å². The predicted octanol–water partition coefficient (Wildman–Crippen LogP) is 3.36. The molecular weight excluding hydrogens is 286 g/mol. The van der Waals surface area contributed by atoms with Gasteiger partial charge in [-0.25, -0.2) is 0 Å². The van der Waals surface area contributed by atoms with Crippen LogP contribution in [0.4, 0.5) is 0 Å². The lowest BCUT2D eigenvalue weighted by molar-refractivity contribution is -0.0337. The first-order chi connectivity index (χ1) is 10.2. The van der Waals surface area contributed by atoms with Crippen LogP contribution in [0.3, 0.4) is 0 Å². The van der Waals surface area contributed by atoms with Crippen molar-refractivity contribution in [2.75, 3.05) is 20.8 Å². The molecule has 1 aromatic carbocycles. The van der Waals surface area contributed by atoms with Crippen LogP contribution in [0.25, 0.3) is 0 Å². The van der Waals surface area contributed by atoms with E-state index >= 15 is 0 Å². The lowest BCUT2D eigenvalue weighted by Gasteiger charge is -2.36. The van der Waals surface area contributed by atoms with Crippen molar-refractivity contribution in [2.45, 2.75) is 50.2 Å². The summed E-state index contributed by atoms with van der Waals surface area (Å²) in [5, 5.41) is 4.28. The van der Waals surface area contributed by atoms with E-state index in [9.17, 15) is 0 Å². The average molecular weight is 310 g/mol. The second-order valence-electron chi connectivity index (χ2n) is 6.17.